The molecule has 2 aliphatic heterocycles. The van der Waals surface area contributed by atoms with Crippen LogP contribution in [0, 0.1) is 5.41 Å². The van der Waals surface area contributed by atoms with Crippen LogP contribution in [0.1, 0.15) is 36.0 Å². The summed E-state index contributed by atoms with van der Waals surface area (Å²) in [5, 5.41) is 19.2. The minimum atomic E-state index is -0.960. The highest BCUT2D eigenvalue weighted by atomic mass is 16.5. The average molecular weight is 349 g/mol. The van der Waals surface area contributed by atoms with Gasteiger partial charge in [-0.25, -0.2) is 4.79 Å². The fraction of sp³-hybridized carbons (Fsp3) is 0.632. The van der Waals surface area contributed by atoms with Gasteiger partial charge in [0.1, 0.15) is 18.5 Å². The molecule has 0 aromatic heterocycles. The van der Waals surface area contributed by atoms with Crippen molar-refractivity contribution in [1.82, 2.24) is 4.90 Å². The van der Waals surface area contributed by atoms with E-state index in [0.29, 0.717) is 17.7 Å². The van der Waals surface area contributed by atoms with Gasteiger partial charge in [-0.1, -0.05) is 0 Å². The predicted molar refractivity (Wildman–Crippen MR) is 93.1 cm³/mol. The van der Waals surface area contributed by atoms with Crippen molar-refractivity contribution in [2.75, 3.05) is 39.5 Å². The topological polar surface area (TPSA) is 79.2 Å². The molecule has 2 heterocycles. The molecule has 1 atom stereocenters. The Bertz CT molecular complexity index is 562. The molecular formula is C19H27NO5. The molecule has 0 aliphatic carbocycles. The molecule has 1 unspecified atom stereocenters. The lowest BCUT2D eigenvalue weighted by atomic mass is 9.74. The molecule has 1 spiro atoms. The number of likely N-dealkylation sites (tertiary alicyclic amines) is 1. The maximum atomic E-state index is 10.8. The number of hydrogen-bond donors (Lipinski definition) is 2. The van der Waals surface area contributed by atoms with Crippen LogP contribution < -0.4 is 4.74 Å². The minimum absolute atomic E-state index is 0.207. The molecule has 2 aliphatic rings. The van der Waals surface area contributed by atoms with Crippen molar-refractivity contribution in [2.45, 2.75) is 31.8 Å². The largest absolute Gasteiger partial charge is 0.491 e. The van der Waals surface area contributed by atoms with Gasteiger partial charge >= 0.3 is 5.97 Å². The Morgan fingerprint density at radius 3 is 2.64 bits per heavy atom. The molecule has 2 fully saturated rings. The van der Waals surface area contributed by atoms with Gasteiger partial charge in [-0.2, -0.15) is 0 Å². The molecule has 6 nitrogen and oxygen atoms in total. The first kappa shape index (κ1) is 18.2. The molecule has 25 heavy (non-hydrogen) atoms. The smallest absolute Gasteiger partial charge is 0.335 e. The third kappa shape index (κ3) is 4.93. The van der Waals surface area contributed by atoms with E-state index in [2.05, 4.69) is 4.90 Å². The Balaban J connectivity index is 1.45. The number of rotatable bonds is 6. The van der Waals surface area contributed by atoms with Gasteiger partial charge in [0.2, 0.25) is 0 Å². The second kappa shape index (κ2) is 8.17. The highest BCUT2D eigenvalue weighted by molar-refractivity contribution is 5.87. The number of nitrogens with zero attached hydrogens (tertiary/aromatic N) is 1. The summed E-state index contributed by atoms with van der Waals surface area (Å²) in [7, 11) is 0. The molecule has 6 heteroatoms. The van der Waals surface area contributed by atoms with E-state index in [0.717, 1.165) is 39.1 Å². The number of aliphatic hydroxyl groups is 1. The van der Waals surface area contributed by atoms with Gasteiger partial charge in [0.15, 0.2) is 0 Å². The maximum absolute atomic E-state index is 10.8. The number of carbonyl (C=O) groups is 1. The Hall–Kier alpha value is -1.63. The third-order valence-electron chi connectivity index (χ3n) is 5.31. The number of hydrogen-bond acceptors (Lipinski definition) is 5. The summed E-state index contributed by atoms with van der Waals surface area (Å²) in [5.74, 6) is -0.387. The zero-order valence-corrected chi connectivity index (χ0v) is 14.5. The molecule has 0 radical (unpaired) electrons. The van der Waals surface area contributed by atoms with Crippen molar-refractivity contribution in [3.8, 4) is 5.75 Å². The van der Waals surface area contributed by atoms with E-state index in [-0.39, 0.29) is 12.2 Å². The Labute approximate surface area is 148 Å². The average Bonchev–Trinajstić information content (AvgIpc) is 2.61. The third-order valence-corrected chi connectivity index (χ3v) is 5.31. The van der Waals surface area contributed by atoms with E-state index >= 15 is 0 Å². The molecule has 0 bridgehead atoms. The summed E-state index contributed by atoms with van der Waals surface area (Å²) >= 11 is 0. The van der Waals surface area contributed by atoms with E-state index in [9.17, 15) is 9.90 Å². The number of aromatic carboxylic acids is 1. The van der Waals surface area contributed by atoms with Crippen LogP contribution in [-0.2, 0) is 4.74 Å². The Morgan fingerprint density at radius 1 is 1.24 bits per heavy atom. The summed E-state index contributed by atoms with van der Waals surface area (Å²) in [6.45, 7) is 4.57. The van der Waals surface area contributed by atoms with Gasteiger partial charge < -0.3 is 24.6 Å². The summed E-state index contributed by atoms with van der Waals surface area (Å²) < 4.78 is 11.1. The van der Waals surface area contributed by atoms with Crippen LogP contribution in [0.25, 0.3) is 0 Å². The molecule has 2 N–H and O–H groups in total. The van der Waals surface area contributed by atoms with Crippen molar-refractivity contribution >= 4 is 5.97 Å². The van der Waals surface area contributed by atoms with Gasteiger partial charge in [0, 0.05) is 26.3 Å². The SMILES string of the molecule is O=C(O)c1ccc(OCC(O)CN2CCCC3(CCOCC3)C2)cc1. The van der Waals surface area contributed by atoms with Crippen LogP contribution >= 0.6 is 0 Å². The number of β-amino-alcohol motifs (C(OH)–C–C–N with tert-alkyl or cyclic N) is 1. The highest BCUT2D eigenvalue weighted by Gasteiger charge is 2.37. The van der Waals surface area contributed by atoms with Crippen LogP contribution in [0.15, 0.2) is 24.3 Å². The minimum Gasteiger partial charge on any atom is -0.491 e. The number of piperidine rings is 1. The first-order chi connectivity index (χ1) is 12.1. The first-order valence-corrected chi connectivity index (χ1v) is 9.01. The predicted octanol–water partition coefficient (Wildman–Crippen LogP) is 2.02. The zero-order chi connectivity index (χ0) is 17.7. The lowest BCUT2D eigenvalue weighted by Gasteiger charge is -2.45. The van der Waals surface area contributed by atoms with Crippen molar-refractivity contribution in [2.24, 2.45) is 5.41 Å². The first-order valence-electron chi connectivity index (χ1n) is 9.01. The zero-order valence-electron chi connectivity index (χ0n) is 14.5. The van der Waals surface area contributed by atoms with Crippen LogP contribution in [-0.4, -0.2) is 66.6 Å². The van der Waals surface area contributed by atoms with Gasteiger partial charge in [-0.3, -0.25) is 0 Å². The van der Waals surface area contributed by atoms with Crippen molar-refractivity contribution < 1.29 is 24.5 Å². The number of carboxylic acids is 1. The number of carboxylic acid groups (broad SMARTS) is 1. The van der Waals surface area contributed by atoms with Crippen LogP contribution in [0.3, 0.4) is 0 Å². The highest BCUT2D eigenvalue weighted by Crippen LogP contribution is 2.39. The quantitative estimate of drug-likeness (QED) is 0.818. The van der Waals surface area contributed by atoms with E-state index in [4.69, 9.17) is 14.6 Å². The Kier molecular flexibility index (Phi) is 5.93. The fourth-order valence-corrected chi connectivity index (χ4v) is 3.92. The fourth-order valence-electron chi connectivity index (χ4n) is 3.92. The standard InChI is InChI=1S/C19H27NO5/c21-16(13-25-17-4-2-15(3-5-17)18(22)23)12-20-9-1-6-19(14-20)7-10-24-11-8-19/h2-5,16,21H,1,6-14H2,(H,22,23). The van der Waals surface area contributed by atoms with Gasteiger partial charge in [-0.05, 0) is 61.9 Å². The molecule has 2 saturated heterocycles. The normalized spacial score (nSPS) is 21.8. The molecule has 0 saturated carbocycles. The number of ether oxygens (including phenoxy) is 2. The van der Waals surface area contributed by atoms with Crippen molar-refractivity contribution in [1.29, 1.82) is 0 Å². The van der Waals surface area contributed by atoms with E-state index in [1.54, 1.807) is 12.1 Å². The van der Waals surface area contributed by atoms with Gasteiger partial charge in [-0.15, -0.1) is 0 Å². The van der Waals surface area contributed by atoms with Gasteiger partial charge in [0.25, 0.3) is 0 Å². The van der Waals surface area contributed by atoms with Crippen LogP contribution in [0.4, 0.5) is 0 Å². The molecule has 138 valence electrons. The number of aliphatic hydroxyl groups excluding tert-OH is 1. The van der Waals surface area contributed by atoms with Gasteiger partial charge in [0.05, 0.1) is 5.56 Å². The van der Waals surface area contributed by atoms with E-state index < -0.39 is 12.1 Å². The van der Waals surface area contributed by atoms with Crippen LogP contribution in [0.2, 0.25) is 0 Å². The summed E-state index contributed by atoms with van der Waals surface area (Å²) in [6.07, 6.45) is 4.10. The lowest BCUT2D eigenvalue weighted by molar-refractivity contribution is -0.0385. The lowest BCUT2D eigenvalue weighted by Crippen LogP contribution is -2.48. The summed E-state index contributed by atoms with van der Waals surface area (Å²) in [6, 6.07) is 6.25. The Morgan fingerprint density at radius 2 is 1.96 bits per heavy atom. The summed E-state index contributed by atoms with van der Waals surface area (Å²) in [4.78, 5) is 13.2. The number of benzene rings is 1. The molecule has 1 aromatic carbocycles. The van der Waals surface area contributed by atoms with E-state index in [1.165, 1.54) is 25.0 Å². The summed E-state index contributed by atoms with van der Waals surface area (Å²) in [5.41, 5.74) is 0.590. The molecular weight excluding hydrogens is 322 g/mol. The monoisotopic (exact) mass is 349 g/mol. The van der Waals surface area contributed by atoms with Crippen molar-refractivity contribution in [3.63, 3.8) is 0 Å². The maximum Gasteiger partial charge on any atom is 0.335 e. The second-order valence-electron chi connectivity index (χ2n) is 7.25. The van der Waals surface area contributed by atoms with Crippen molar-refractivity contribution in [3.05, 3.63) is 29.8 Å². The molecule has 3 rings (SSSR count). The van der Waals surface area contributed by atoms with Crippen LogP contribution in [0.5, 0.6) is 5.75 Å². The molecule has 0 amide bonds. The second-order valence-corrected chi connectivity index (χ2v) is 7.25. The molecule has 1 aromatic rings. The van der Waals surface area contributed by atoms with E-state index in [1.807, 2.05) is 0 Å².